The van der Waals surface area contributed by atoms with Crippen molar-refractivity contribution < 1.29 is 14.3 Å². The van der Waals surface area contributed by atoms with E-state index in [0.29, 0.717) is 6.61 Å². The molecule has 0 amide bonds. The quantitative estimate of drug-likeness (QED) is 0.450. The molecule has 19 heavy (non-hydrogen) atoms. The third-order valence-electron chi connectivity index (χ3n) is 3.43. The summed E-state index contributed by atoms with van der Waals surface area (Å²) in [6.07, 6.45) is 11.0. The number of ether oxygens (including phenoxy) is 2. The highest BCUT2D eigenvalue weighted by Crippen LogP contribution is 2.18. The average Bonchev–Trinajstić information content (AvgIpc) is 2.86. The van der Waals surface area contributed by atoms with Gasteiger partial charge in [-0.05, 0) is 19.8 Å². The minimum absolute atomic E-state index is 0.116. The fourth-order valence-corrected chi connectivity index (χ4v) is 2.32. The molecular weight excluding hydrogens is 242 g/mol. The molecule has 1 heterocycles. The van der Waals surface area contributed by atoms with E-state index >= 15 is 0 Å². The first-order valence-corrected chi connectivity index (χ1v) is 7.63. The molecule has 0 bridgehead atoms. The summed E-state index contributed by atoms with van der Waals surface area (Å²) in [5.74, 6) is -0.260. The molecule has 4 heteroatoms. The Hall–Kier alpha value is -1.06. The highest BCUT2D eigenvalue weighted by Gasteiger charge is 2.33. The fourth-order valence-electron chi connectivity index (χ4n) is 2.32. The van der Waals surface area contributed by atoms with Gasteiger partial charge in [0, 0.05) is 0 Å². The highest BCUT2D eigenvalue weighted by atomic mass is 16.5. The summed E-state index contributed by atoms with van der Waals surface area (Å²) in [6.45, 7) is 4.44. The Balaban J connectivity index is 2.10. The number of esters is 1. The molecule has 0 aromatic rings. The largest absolute Gasteiger partial charge is 0.477 e. The van der Waals surface area contributed by atoms with Crippen LogP contribution in [0.3, 0.4) is 0 Å². The van der Waals surface area contributed by atoms with Crippen LogP contribution in [-0.4, -0.2) is 31.1 Å². The van der Waals surface area contributed by atoms with E-state index in [9.17, 15) is 4.79 Å². The summed E-state index contributed by atoms with van der Waals surface area (Å²) in [4.78, 5) is 15.7. The number of unbranched alkanes of at least 4 members (excludes halogenated alkanes) is 6. The summed E-state index contributed by atoms with van der Waals surface area (Å²) in [7, 11) is 0. The van der Waals surface area contributed by atoms with Crippen LogP contribution in [0.5, 0.6) is 0 Å². The zero-order chi connectivity index (χ0) is 13.9. The van der Waals surface area contributed by atoms with Gasteiger partial charge in [0.25, 0.3) is 0 Å². The summed E-state index contributed by atoms with van der Waals surface area (Å²) in [6, 6.07) is -0.444. The van der Waals surface area contributed by atoms with Gasteiger partial charge in [-0.15, -0.1) is 0 Å². The number of rotatable bonds is 10. The predicted molar refractivity (Wildman–Crippen MR) is 76.4 cm³/mol. The monoisotopic (exact) mass is 269 g/mol. The standard InChI is InChI=1S/C15H27NO3/c1-3-5-6-7-8-9-10-11-13-14(16-12-19-13)15(17)18-4-2/h12-14H,3-11H2,1-2H3. The fraction of sp³-hybridized carbons (Fsp3) is 0.867. The van der Waals surface area contributed by atoms with Crippen LogP contribution in [0, 0.1) is 0 Å². The Kier molecular flexibility index (Phi) is 8.26. The number of aliphatic imine (C=N–C) groups is 1. The molecule has 1 aliphatic rings. The zero-order valence-corrected chi connectivity index (χ0v) is 12.3. The summed E-state index contributed by atoms with van der Waals surface area (Å²) in [5.41, 5.74) is 0. The van der Waals surface area contributed by atoms with Crippen molar-refractivity contribution in [1.29, 1.82) is 0 Å². The molecular formula is C15H27NO3. The van der Waals surface area contributed by atoms with Crippen molar-refractivity contribution in [3.05, 3.63) is 0 Å². The third-order valence-corrected chi connectivity index (χ3v) is 3.43. The van der Waals surface area contributed by atoms with Crippen LogP contribution in [0.15, 0.2) is 4.99 Å². The molecule has 1 rings (SSSR count). The van der Waals surface area contributed by atoms with Crippen molar-refractivity contribution in [1.82, 2.24) is 0 Å². The van der Waals surface area contributed by atoms with Gasteiger partial charge < -0.3 is 9.47 Å². The molecule has 1 aliphatic heterocycles. The van der Waals surface area contributed by atoms with Gasteiger partial charge >= 0.3 is 5.97 Å². The molecule has 0 N–H and O–H groups in total. The average molecular weight is 269 g/mol. The highest BCUT2D eigenvalue weighted by molar-refractivity contribution is 5.79. The van der Waals surface area contributed by atoms with Gasteiger partial charge in [-0.1, -0.05) is 45.4 Å². The molecule has 2 unspecified atom stereocenters. The first kappa shape index (κ1) is 16.0. The lowest BCUT2D eigenvalue weighted by atomic mass is 10.0. The van der Waals surface area contributed by atoms with Crippen molar-refractivity contribution in [2.45, 2.75) is 77.4 Å². The predicted octanol–water partition coefficient (Wildman–Crippen LogP) is 3.49. The van der Waals surface area contributed by atoms with E-state index in [-0.39, 0.29) is 12.1 Å². The van der Waals surface area contributed by atoms with Crippen LogP contribution in [0.2, 0.25) is 0 Å². The van der Waals surface area contributed by atoms with Gasteiger partial charge in [0.05, 0.1) is 6.61 Å². The van der Waals surface area contributed by atoms with Crippen LogP contribution >= 0.6 is 0 Å². The van der Waals surface area contributed by atoms with Crippen molar-refractivity contribution in [3.8, 4) is 0 Å². The Labute approximate surface area is 116 Å². The first-order valence-electron chi connectivity index (χ1n) is 7.63. The molecule has 0 saturated carbocycles. The van der Waals surface area contributed by atoms with E-state index in [0.717, 1.165) is 12.8 Å². The minimum atomic E-state index is -0.444. The lowest BCUT2D eigenvalue weighted by Crippen LogP contribution is -2.31. The normalized spacial score (nSPS) is 21.4. The maximum absolute atomic E-state index is 11.6. The molecule has 0 radical (unpaired) electrons. The van der Waals surface area contributed by atoms with E-state index in [1.165, 1.54) is 44.9 Å². The van der Waals surface area contributed by atoms with Gasteiger partial charge in [0.2, 0.25) is 0 Å². The molecule has 0 fully saturated rings. The maximum Gasteiger partial charge on any atom is 0.334 e. The van der Waals surface area contributed by atoms with Crippen LogP contribution < -0.4 is 0 Å². The second kappa shape index (κ2) is 9.82. The Morgan fingerprint density at radius 3 is 2.53 bits per heavy atom. The van der Waals surface area contributed by atoms with Gasteiger partial charge in [0.15, 0.2) is 12.4 Å². The Bertz CT molecular complexity index is 279. The molecule has 110 valence electrons. The van der Waals surface area contributed by atoms with Crippen LogP contribution in [0.25, 0.3) is 0 Å². The number of hydrogen-bond donors (Lipinski definition) is 0. The SMILES string of the molecule is CCCCCCCCCC1OC=NC1C(=O)OCC. The van der Waals surface area contributed by atoms with Gasteiger partial charge in [0.1, 0.15) is 6.10 Å². The second-order valence-corrected chi connectivity index (χ2v) is 5.04. The van der Waals surface area contributed by atoms with E-state index in [1.807, 2.05) is 6.92 Å². The first-order chi connectivity index (χ1) is 9.29. The number of hydrogen-bond acceptors (Lipinski definition) is 4. The lowest BCUT2D eigenvalue weighted by molar-refractivity contribution is -0.146. The Morgan fingerprint density at radius 2 is 1.84 bits per heavy atom. The summed E-state index contributed by atoms with van der Waals surface area (Å²) >= 11 is 0. The third kappa shape index (κ3) is 6.08. The van der Waals surface area contributed by atoms with Gasteiger partial charge in [-0.25, -0.2) is 9.79 Å². The van der Waals surface area contributed by atoms with Crippen LogP contribution in [0.1, 0.15) is 65.2 Å². The second-order valence-electron chi connectivity index (χ2n) is 5.04. The molecule has 4 nitrogen and oxygen atoms in total. The molecule has 0 spiro atoms. The summed E-state index contributed by atoms with van der Waals surface area (Å²) < 4.78 is 10.4. The van der Waals surface area contributed by atoms with E-state index < -0.39 is 6.04 Å². The van der Waals surface area contributed by atoms with E-state index in [2.05, 4.69) is 11.9 Å². The molecule has 0 aromatic carbocycles. The molecule has 0 aromatic heterocycles. The Morgan fingerprint density at radius 1 is 1.16 bits per heavy atom. The van der Waals surface area contributed by atoms with Crippen molar-refractivity contribution in [2.75, 3.05) is 6.61 Å². The van der Waals surface area contributed by atoms with Crippen molar-refractivity contribution in [2.24, 2.45) is 4.99 Å². The van der Waals surface area contributed by atoms with Gasteiger partial charge in [-0.2, -0.15) is 0 Å². The van der Waals surface area contributed by atoms with Crippen molar-refractivity contribution in [3.63, 3.8) is 0 Å². The zero-order valence-electron chi connectivity index (χ0n) is 12.3. The lowest BCUT2D eigenvalue weighted by Gasteiger charge is -2.15. The number of carbonyl (C=O) groups is 1. The topological polar surface area (TPSA) is 47.9 Å². The van der Waals surface area contributed by atoms with Crippen molar-refractivity contribution >= 4 is 12.4 Å². The molecule has 0 aliphatic carbocycles. The smallest absolute Gasteiger partial charge is 0.334 e. The molecule has 2 atom stereocenters. The minimum Gasteiger partial charge on any atom is -0.477 e. The van der Waals surface area contributed by atoms with Crippen LogP contribution in [-0.2, 0) is 14.3 Å². The maximum atomic E-state index is 11.6. The summed E-state index contributed by atoms with van der Waals surface area (Å²) in [5, 5.41) is 0. The van der Waals surface area contributed by atoms with Gasteiger partial charge in [-0.3, -0.25) is 0 Å². The molecule has 0 saturated heterocycles. The number of nitrogens with zero attached hydrogens (tertiary/aromatic N) is 1. The number of carbonyl (C=O) groups excluding carboxylic acids is 1. The van der Waals surface area contributed by atoms with Crippen LogP contribution in [0.4, 0.5) is 0 Å². The van der Waals surface area contributed by atoms with E-state index in [1.54, 1.807) is 0 Å². The van der Waals surface area contributed by atoms with E-state index in [4.69, 9.17) is 9.47 Å².